The molecule has 0 aliphatic carbocycles. The lowest BCUT2D eigenvalue weighted by Crippen LogP contribution is -2.16. The van der Waals surface area contributed by atoms with E-state index >= 15 is 0 Å². The number of carbonyl (C=O) groups is 1. The molecule has 0 aromatic heterocycles. The van der Waals surface area contributed by atoms with Gasteiger partial charge in [0.25, 0.3) is 15.9 Å². The van der Waals surface area contributed by atoms with Gasteiger partial charge in [0.1, 0.15) is 5.75 Å². The summed E-state index contributed by atoms with van der Waals surface area (Å²) in [7, 11) is -2.49. The van der Waals surface area contributed by atoms with E-state index in [-0.39, 0.29) is 21.2 Å². The number of aryl methyl sites for hydroxylation is 2. The van der Waals surface area contributed by atoms with Gasteiger partial charge in [-0.2, -0.15) is 0 Å². The maximum atomic E-state index is 12.9. The van der Waals surface area contributed by atoms with Crippen molar-refractivity contribution in [3.05, 3.63) is 81.3 Å². The van der Waals surface area contributed by atoms with Crippen LogP contribution in [0.5, 0.6) is 5.75 Å². The molecule has 0 unspecified atom stereocenters. The van der Waals surface area contributed by atoms with Crippen LogP contribution in [0.3, 0.4) is 0 Å². The maximum Gasteiger partial charge on any atom is 0.261 e. The average Bonchev–Trinajstić information content (AvgIpc) is 2.70. The molecule has 2 N–H and O–H groups in total. The zero-order valence-electron chi connectivity index (χ0n) is 17.0. The molecule has 0 bridgehead atoms. The Balaban J connectivity index is 1.93. The first-order valence-corrected chi connectivity index (χ1v) is 11.4. The minimum atomic E-state index is -3.91. The highest BCUT2D eigenvalue weighted by molar-refractivity contribution is 7.92. The molecule has 0 heterocycles. The molecule has 0 saturated heterocycles. The van der Waals surface area contributed by atoms with E-state index in [2.05, 4.69) is 10.0 Å². The monoisotopic (exact) mass is 478 g/mol. The fourth-order valence-electron chi connectivity index (χ4n) is 2.95. The molecular formula is C22H20Cl2N2O4S. The Morgan fingerprint density at radius 3 is 2.32 bits per heavy atom. The van der Waals surface area contributed by atoms with Crippen molar-refractivity contribution in [2.24, 2.45) is 0 Å². The van der Waals surface area contributed by atoms with Gasteiger partial charge in [0.2, 0.25) is 0 Å². The van der Waals surface area contributed by atoms with Crippen molar-refractivity contribution in [3.63, 3.8) is 0 Å². The predicted molar refractivity (Wildman–Crippen MR) is 124 cm³/mol. The molecule has 3 aromatic carbocycles. The van der Waals surface area contributed by atoms with Crippen LogP contribution in [-0.2, 0) is 10.0 Å². The van der Waals surface area contributed by atoms with Crippen LogP contribution in [0.1, 0.15) is 21.5 Å². The number of methoxy groups -OCH3 is 1. The number of hydrogen-bond donors (Lipinski definition) is 2. The van der Waals surface area contributed by atoms with Crippen LogP contribution in [0.4, 0.5) is 11.4 Å². The molecule has 31 heavy (non-hydrogen) atoms. The predicted octanol–water partition coefficient (Wildman–Crippen LogP) is 5.67. The van der Waals surface area contributed by atoms with Crippen LogP contribution in [0.2, 0.25) is 10.0 Å². The van der Waals surface area contributed by atoms with Crippen molar-refractivity contribution in [2.75, 3.05) is 17.1 Å². The molecule has 0 saturated carbocycles. The van der Waals surface area contributed by atoms with Gasteiger partial charge in [0.15, 0.2) is 0 Å². The lowest BCUT2D eigenvalue weighted by molar-refractivity contribution is 0.102. The zero-order valence-corrected chi connectivity index (χ0v) is 19.3. The first-order chi connectivity index (χ1) is 14.6. The van der Waals surface area contributed by atoms with Gasteiger partial charge in [-0.05, 0) is 61.9 Å². The first kappa shape index (κ1) is 22.9. The van der Waals surface area contributed by atoms with Gasteiger partial charge in [-0.1, -0.05) is 40.9 Å². The summed E-state index contributed by atoms with van der Waals surface area (Å²) in [6.45, 7) is 3.75. The summed E-state index contributed by atoms with van der Waals surface area (Å²) >= 11 is 12.0. The van der Waals surface area contributed by atoms with Crippen molar-refractivity contribution >= 4 is 50.5 Å². The number of hydrogen-bond acceptors (Lipinski definition) is 4. The van der Waals surface area contributed by atoms with E-state index in [0.717, 1.165) is 11.1 Å². The quantitative estimate of drug-likeness (QED) is 0.477. The topological polar surface area (TPSA) is 84.5 Å². The van der Waals surface area contributed by atoms with Crippen LogP contribution in [0, 0.1) is 13.8 Å². The fraction of sp³-hybridized carbons (Fsp3) is 0.136. The first-order valence-electron chi connectivity index (χ1n) is 9.15. The third-order valence-electron chi connectivity index (χ3n) is 4.53. The van der Waals surface area contributed by atoms with Crippen molar-refractivity contribution < 1.29 is 17.9 Å². The van der Waals surface area contributed by atoms with Gasteiger partial charge in [-0.15, -0.1) is 0 Å². The number of sulfonamides is 1. The van der Waals surface area contributed by atoms with Crippen LogP contribution < -0.4 is 14.8 Å². The Bertz CT molecular complexity index is 1260. The third kappa shape index (κ3) is 5.31. The number of nitrogens with one attached hydrogen (secondary N) is 2. The van der Waals surface area contributed by atoms with E-state index in [1.807, 2.05) is 26.0 Å². The van der Waals surface area contributed by atoms with Gasteiger partial charge in [0.05, 0.1) is 34.0 Å². The van der Waals surface area contributed by atoms with Gasteiger partial charge in [-0.3, -0.25) is 9.52 Å². The molecular weight excluding hydrogens is 459 g/mol. The summed E-state index contributed by atoms with van der Waals surface area (Å²) in [5.74, 6) is -0.235. The molecule has 0 atom stereocenters. The summed E-state index contributed by atoms with van der Waals surface area (Å²) < 4.78 is 33.7. The van der Waals surface area contributed by atoms with Crippen LogP contribution in [-0.4, -0.2) is 21.4 Å². The zero-order chi connectivity index (χ0) is 22.8. The summed E-state index contributed by atoms with van der Waals surface area (Å²) in [5.41, 5.74) is 2.66. The lowest BCUT2D eigenvalue weighted by Gasteiger charge is -2.15. The standard InChI is InChI=1S/C22H20Cl2N2O4S/c1-13-4-8-19(14(2)10-13)26-31(28,29)16-6-9-21(30-3)20(12-16)25-22(27)17-7-5-15(23)11-18(17)24/h4-12,26H,1-3H3,(H,25,27). The molecule has 0 aliphatic rings. The minimum Gasteiger partial charge on any atom is -0.495 e. The Hall–Kier alpha value is -2.74. The molecule has 162 valence electrons. The van der Waals surface area contributed by atoms with E-state index in [1.165, 1.54) is 43.5 Å². The number of amides is 1. The van der Waals surface area contributed by atoms with Crippen molar-refractivity contribution in [1.82, 2.24) is 0 Å². The van der Waals surface area contributed by atoms with Gasteiger partial charge >= 0.3 is 0 Å². The minimum absolute atomic E-state index is 0.0363. The van der Waals surface area contributed by atoms with Crippen LogP contribution in [0.25, 0.3) is 0 Å². The Morgan fingerprint density at radius 1 is 0.935 bits per heavy atom. The number of carbonyl (C=O) groups excluding carboxylic acids is 1. The van der Waals surface area contributed by atoms with E-state index in [1.54, 1.807) is 6.07 Å². The molecule has 0 aliphatic heterocycles. The number of anilines is 2. The van der Waals surface area contributed by atoms with E-state index in [4.69, 9.17) is 27.9 Å². The fourth-order valence-corrected chi connectivity index (χ4v) is 4.60. The van der Waals surface area contributed by atoms with Crippen molar-refractivity contribution in [1.29, 1.82) is 0 Å². The van der Waals surface area contributed by atoms with Crippen molar-refractivity contribution in [2.45, 2.75) is 18.7 Å². The SMILES string of the molecule is COc1ccc(S(=O)(=O)Nc2ccc(C)cc2C)cc1NC(=O)c1ccc(Cl)cc1Cl. The lowest BCUT2D eigenvalue weighted by atomic mass is 10.1. The Morgan fingerprint density at radius 2 is 1.68 bits per heavy atom. The molecule has 3 aromatic rings. The number of halogens is 2. The molecule has 0 fully saturated rings. The highest BCUT2D eigenvalue weighted by Crippen LogP contribution is 2.30. The molecule has 0 radical (unpaired) electrons. The average molecular weight is 479 g/mol. The van der Waals surface area contributed by atoms with Crippen LogP contribution in [0.15, 0.2) is 59.5 Å². The maximum absolute atomic E-state index is 12.9. The normalized spacial score (nSPS) is 11.1. The van der Waals surface area contributed by atoms with E-state index in [0.29, 0.717) is 16.5 Å². The molecule has 0 spiro atoms. The van der Waals surface area contributed by atoms with E-state index < -0.39 is 15.9 Å². The second-order valence-corrected chi connectivity index (χ2v) is 9.39. The number of ether oxygens (including phenoxy) is 1. The van der Waals surface area contributed by atoms with Crippen molar-refractivity contribution in [3.8, 4) is 5.75 Å². The largest absolute Gasteiger partial charge is 0.495 e. The number of benzene rings is 3. The Labute approximate surface area is 191 Å². The second kappa shape index (κ2) is 9.18. The second-order valence-electron chi connectivity index (χ2n) is 6.86. The van der Waals surface area contributed by atoms with Gasteiger partial charge in [0, 0.05) is 5.02 Å². The third-order valence-corrected chi connectivity index (χ3v) is 6.44. The van der Waals surface area contributed by atoms with Gasteiger partial charge < -0.3 is 10.1 Å². The highest BCUT2D eigenvalue weighted by atomic mass is 35.5. The molecule has 6 nitrogen and oxygen atoms in total. The highest BCUT2D eigenvalue weighted by Gasteiger charge is 2.20. The van der Waals surface area contributed by atoms with E-state index in [9.17, 15) is 13.2 Å². The number of rotatable bonds is 6. The molecule has 3 rings (SSSR count). The summed E-state index contributed by atoms with van der Waals surface area (Å²) in [6, 6.07) is 14.1. The Kier molecular flexibility index (Phi) is 6.79. The summed E-state index contributed by atoms with van der Waals surface area (Å²) in [6.07, 6.45) is 0. The van der Waals surface area contributed by atoms with Gasteiger partial charge in [-0.25, -0.2) is 8.42 Å². The van der Waals surface area contributed by atoms with Crippen LogP contribution >= 0.6 is 23.2 Å². The smallest absolute Gasteiger partial charge is 0.261 e. The molecule has 9 heteroatoms. The summed E-state index contributed by atoms with van der Waals surface area (Å²) in [5, 5.41) is 3.21. The summed E-state index contributed by atoms with van der Waals surface area (Å²) in [4.78, 5) is 12.6. The molecule has 1 amide bonds.